The summed E-state index contributed by atoms with van der Waals surface area (Å²) < 4.78 is 26.3. The van der Waals surface area contributed by atoms with Crippen LogP contribution in [-0.2, 0) is 0 Å². The Morgan fingerprint density at radius 2 is 1.94 bits per heavy atom. The van der Waals surface area contributed by atoms with Crippen molar-refractivity contribution in [2.75, 3.05) is 0 Å². The average molecular weight is 254 g/mol. The molecule has 0 atom stereocenters. The fourth-order valence-corrected chi connectivity index (χ4v) is 1.54. The zero-order valence-corrected chi connectivity index (χ0v) is 9.21. The molecule has 86 valence electrons. The second-order valence-corrected chi connectivity index (χ2v) is 3.78. The molecular formula is C12H6ClF2NO. The van der Waals surface area contributed by atoms with Crippen molar-refractivity contribution < 1.29 is 13.6 Å². The lowest BCUT2D eigenvalue weighted by Crippen LogP contribution is -2.05. The van der Waals surface area contributed by atoms with Crippen LogP contribution in [0.3, 0.4) is 0 Å². The molecule has 0 fully saturated rings. The Morgan fingerprint density at radius 1 is 1.18 bits per heavy atom. The van der Waals surface area contributed by atoms with Gasteiger partial charge < -0.3 is 0 Å². The van der Waals surface area contributed by atoms with Crippen LogP contribution in [0.5, 0.6) is 0 Å². The van der Waals surface area contributed by atoms with Gasteiger partial charge >= 0.3 is 0 Å². The predicted molar refractivity (Wildman–Crippen MR) is 59.0 cm³/mol. The summed E-state index contributed by atoms with van der Waals surface area (Å²) in [7, 11) is 0. The monoisotopic (exact) mass is 253 g/mol. The largest absolute Gasteiger partial charge is 0.288 e. The fourth-order valence-electron chi connectivity index (χ4n) is 1.36. The van der Waals surface area contributed by atoms with Gasteiger partial charge in [-0.1, -0.05) is 11.6 Å². The zero-order chi connectivity index (χ0) is 12.4. The summed E-state index contributed by atoms with van der Waals surface area (Å²) in [4.78, 5) is 15.4. The number of ketones is 1. The molecule has 0 bridgehead atoms. The number of benzene rings is 1. The van der Waals surface area contributed by atoms with Crippen molar-refractivity contribution in [3.63, 3.8) is 0 Å². The molecule has 17 heavy (non-hydrogen) atoms. The molecule has 0 saturated heterocycles. The van der Waals surface area contributed by atoms with Gasteiger partial charge in [-0.3, -0.25) is 9.78 Å². The summed E-state index contributed by atoms with van der Waals surface area (Å²) in [6, 6.07) is 4.61. The summed E-state index contributed by atoms with van der Waals surface area (Å²) in [5.41, 5.74) is -0.226. The fraction of sp³-hybridized carbons (Fsp3) is 0. The highest BCUT2D eigenvalue weighted by atomic mass is 35.5. The van der Waals surface area contributed by atoms with Crippen LogP contribution >= 0.6 is 11.6 Å². The van der Waals surface area contributed by atoms with Gasteiger partial charge in [0.25, 0.3) is 0 Å². The Bertz CT molecular complexity index is 586. The minimum Gasteiger partial charge on any atom is -0.288 e. The van der Waals surface area contributed by atoms with E-state index in [2.05, 4.69) is 4.98 Å². The van der Waals surface area contributed by atoms with E-state index in [4.69, 9.17) is 11.6 Å². The number of carbonyl (C=O) groups excluding carboxylic acids is 1. The van der Waals surface area contributed by atoms with Crippen molar-refractivity contribution in [2.45, 2.75) is 0 Å². The van der Waals surface area contributed by atoms with Crippen molar-refractivity contribution in [3.8, 4) is 0 Å². The molecule has 1 aromatic carbocycles. The molecule has 0 unspecified atom stereocenters. The van der Waals surface area contributed by atoms with E-state index in [1.54, 1.807) is 0 Å². The summed E-state index contributed by atoms with van der Waals surface area (Å²) in [5.74, 6) is -2.01. The van der Waals surface area contributed by atoms with Gasteiger partial charge in [0, 0.05) is 16.8 Å². The van der Waals surface area contributed by atoms with E-state index in [1.165, 1.54) is 18.3 Å². The first-order valence-corrected chi connectivity index (χ1v) is 5.06. The number of nitrogens with zero attached hydrogens (tertiary/aromatic N) is 1. The highest BCUT2D eigenvalue weighted by molar-refractivity contribution is 6.31. The number of rotatable bonds is 2. The van der Waals surface area contributed by atoms with E-state index in [1.807, 2.05) is 0 Å². The summed E-state index contributed by atoms with van der Waals surface area (Å²) in [5, 5.41) is 0.235. The van der Waals surface area contributed by atoms with Crippen molar-refractivity contribution in [3.05, 3.63) is 64.4 Å². The standard InChI is InChI=1S/C12H6ClF2NO/c13-8-1-2-11(15)10(4-8)12(17)7-3-9(14)6-16-5-7/h1-6H. The minimum absolute atomic E-state index is 0.0221. The number of carbonyl (C=O) groups is 1. The van der Waals surface area contributed by atoms with Gasteiger partial charge in [0.1, 0.15) is 11.6 Å². The summed E-state index contributed by atoms with van der Waals surface area (Å²) >= 11 is 5.67. The lowest BCUT2D eigenvalue weighted by molar-refractivity contribution is 0.103. The van der Waals surface area contributed by atoms with E-state index in [0.29, 0.717) is 0 Å². The Morgan fingerprint density at radius 3 is 2.65 bits per heavy atom. The molecule has 0 saturated carbocycles. The van der Waals surface area contributed by atoms with E-state index >= 15 is 0 Å². The molecule has 2 aromatic rings. The number of pyridine rings is 1. The second-order valence-electron chi connectivity index (χ2n) is 3.35. The third kappa shape index (κ3) is 2.47. The van der Waals surface area contributed by atoms with Crippen LogP contribution in [0.2, 0.25) is 5.02 Å². The molecule has 0 spiro atoms. The molecule has 0 radical (unpaired) electrons. The van der Waals surface area contributed by atoms with Gasteiger partial charge in [-0.05, 0) is 24.3 Å². The molecule has 1 heterocycles. The van der Waals surface area contributed by atoms with Crippen LogP contribution in [0, 0.1) is 11.6 Å². The van der Waals surface area contributed by atoms with Crippen LogP contribution in [-0.4, -0.2) is 10.8 Å². The maximum absolute atomic E-state index is 13.4. The molecular weight excluding hydrogens is 248 g/mol. The van der Waals surface area contributed by atoms with Crippen molar-refractivity contribution in [2.24, 2.45) is 0 Å². The quantitative estimate of drug-likeness (QED) is 0.769. The van der Waals surface area contributed by atoms with Crippen molar-refractivity contribution in [1.82, 2.24) is 4.98 Å². The highest BCUT2D eigenvalue weighted by Gasteiger charge is 2.15. The van der Waals surface area contributed by atoms with Crippen molar-refractivity contribution in [1.29, 1.82) is 0 Å². The van der Waals surface area contributed by atoms with Crippen LogP contribution in [0.15, 0.2) is 36.7 Å². The Kier molecular flexibility index (Phi) is 3.15. The molecule has 2 nitrogen and oxygen atoms in total. The molecule has 0 aliphatic heterocycles. The number of hydrogen-bond donors (Lipinski definition) is 0. The van der Waals surface area contributed by atoms with Gasteiger partial charge in [0.15, 0.2) is 5.78 Å². The van der Waals surface area contributed by atoms with E-state index in [9.17, 15) is 13.6 Å². The first-order valence-electron chi connectivity index (χ1n) is 4.68. The van der Waals surface area contributed by atoms with Gasteiger partial charge in [0.05, 0.1) is 11.8 Å². The third-order valence-corrected chi connectivity index (χ3v) is 2.38. The van der Waals surface area contributed by atoms with Crippen LogP contribution in [0.4, 0.5) is 8.78 Å². The number of aromatic nitrogens is 1. The van der Waals surface area contributed by atoms with Crippen LogP contribution in [0.1, 0.15) is 15.9 Å². The molecule has 0 N–H and O–H groups in total. The van der Waals surface area contributed by atoms with Crippen molar-refractivity contribution >= 4 is 17.4 Å². The third-order valence-electron chi connectivity index (χ3n) is 2.14. The van der Waals surface area contributed by atoms with Gasteiger partial charge in [-0.25, -0.2) is 8.78 Å². The molecule has 0 aliphatic carbocycles. The molecule has 0 aliphatic rings. The normalized spacial score (nSPS) is 10.3. The van der Waals surface area contributed by atoms with E-state index in [-0.39, 0.29) is 16.1 Å². The average Bonchev–Trinajstić information content (AvgIpc) is 2.31. The number of hydrogen-bond acceptors (Lipinski definition) is 2. The van der Waals surface area contributed by atoms with Gasteiger partial charge in [-0.2, -0.15) is 0 Å². The lowest BCUT2D eigenvalue weighted by atomic mass is 10.0. The number of halogens is 3. The summed E-state index contributed by atoms with van der Waals surface area (Å²) in [6.07, 6.45) is 2.14. The predicted octanol–water partition coefficient (Wildman–Crippen LogP) is 3.24. The topological polar surface area (TPSA) is 30.0 Å². The highest BCUT2D eigenvalue weighted by Crippen LogP contribution is 2.18. The lowest BCUT2D eigenvalue weighted by Gasteiger charge is -2.03. The van der Waals surface area contributed by atoms with Crippen LogP contribution in [0.25, 0.3) is 0 Å². The Labute approximate surface area is 101 Å². The summed E-state index contributed by atoms with van der Waals surface area (Å²) in [6.45, 7) is 0. The first kappa shape index (κ1) is 11.7. The zero-order valence-electron chi connectivity index (χ0n) is 8.45. The minimum atomic E-state index is -0.705. The first-order chi connectivity index (χ1) is 8.08. The maximum atomic E-state index is 13.4. The smallest absolute Gasteiger partial charge is 0.197 e. The molecule has 5 heteroatoms. The Hall–Kier alpha value is -1.81. The second kappa shape index (κ2) is 4.59. The molecule has 2 rings (SSSR count). The van der Waals surface area contributed by atoms with Gasteiger partial charge in [-0.15, -0.1) is 0 Å². The SMILES string of the molecule is O=C(c1cncc(F)c1)c1cc(Cl)ccc1F. The van der Waals surface area contributed by atoms with Crippen LogP contribution < -0.4 is 0 Å². The maximum Gasteiger partial charge on any atom is 0.197 e. The molecule has 0 amide bonds. The molecule has 1 aromatic heterocycles. The Balaban J connectivity index is 2.47. The van der Waals surface area contributed by atoms with E-state index in [0.717, 1.165) is 18.3 Å². The van der Waals surface area contributed by atoms with E-state index < -0.39 is 17.4 Å². The van der Waals surface area contributed by atoms with Gasteiger partial charge in [0.2, 0.25) is 0 Å².